The molecular weight excluding hydrogens is 136 g/mol. The molecule has 1 rings (SSSR count). The molecule has 1 aliphatic heterocycles. The second-order valence-electron chi connectivity index (χ2n) is 3.37. The van der Waals surface area contributed by atoms with Gasteiger partial charge in [-0.3, -0.25) is 0 Å². The van der Waals surface area contributed by atoms with Crippen molar-refractivity contribution >= 4 is 0 Å². The molecule has 0 spiro atoms. The smallest absolute Gasteiger partial charge is 0.0297 e. The molecule has 0 aliphatic carbocycles. The summed E-state index contributed by atoms with van der Waals surface area (Å²) in [5.41, 5.74) is 2.96. The minimum atomic E-state index is 1.12. The van der Waals surface area contributed by atoms with Gasteiger partial charge in [0, 0.05) is 32.4 Å². The van der Waals surface area contributed by atoms with E-state index in [0.717, 1.165) is 19.6 Å². The summed E-state index contributed by atoms with van der Waals surface area (Å²) in [7, 11) is 2.18. The van der Waals surface area contributed by atoms with Crippen molar-refractivity contribution in [2.24, 2.45) is 0 Å². The molecule has 0 radical (unpaired) electrons. The van der Waals surface area contributed by atoms with Gasteiger partial charge in [0.05, 0.1) is 0 Å². The first-order chi connectivity index (χ1) is 5.22. The van der Waals surface area contributed by atoms with Gasteiger partial charge >= 0.3 is 0 Å². The zero-order valence-electron chi connectivity index (χ0n) is 7.78. The van der Waals surface area contributed by atoms with Crippen LogP contribution in [0.1, 0.15) is 20.3 Å². The third-order valence-electron chi connectivity index (χ3n) is 2.20. The van der Waals surface area contributed by atoms with Crippen molar-refractivity contribution in [2.45, 2.75) is 20.3 Å². The van der Waals surface area contributed by atoms with Crippen LogP contribution in [0.4, 0.5) is 0 Å². The highest BCUT2D eigenvalue weighted by atomic mass is 15.1. The molecule has 1 heterocycles. The highest BCUT2D eigenvalue weighted by Gasteiger charge is 2.08. The summed E-state index contributed by atoms with van der Waals surface area (Å²) >= 11 is 0. The van der Waals surface area contributed by atoms with Gasteiger partial charge in [0.25, 0.3) is 0 Å². The lowest BCUT2D eigenvalue weighted by Gasteiger charge is -2.20. The third-order valence-corrected chi connectivity index (χ3v) is 2.20. The van der Waals surface area contributed by atoms with Gasteiger partial charge in [-0.15, -0.1) is 0 Å². The van der Waals surface area contributed by atoms with Crippen molar-refractivity contribution in [1.82, 2.24) is 10.2 Å². The first-order valence-corrected chi connectivity index (χ1v) is 4.30. The zero-order chi connectivity index (χ0) is 8.27. The lowest BCUT2D eigenvalue weighted by atomic mass is 10.2. The Morgan fingerprint density at radius 2 is 2.09 bits per heavy atom. The van der Waals surface area contributed by atoms with Crippen molar-refractivity contribution < 1.29 is 0 Å². The summed E-state index contributed by atoms with van der Waals surface area (Å²) in [5.74, 6) is 0. The molecule has 0 aromatic heterocycles. The fraction of sp³-hybridized carbons (Fsp3) is 0.778. The fourth-order valence-electron chi connectivity index (χ4n) is 1.54. The number of allylic oxidation sites excluding steroid dienone is 1. The zero-order valence-corrected chi connectivity index (χ0v) is 7.78. The van der Waals surface area contributed by atoms with Crippen molar-refractivity contribution in [3.05, 3.63) is 11.3 Å². The van der Waals surface area contributed by atoms with E-state index < -0.39 is 0 Å². The van der Waals surface area contributed by atoms with Gasteiger partial charge in [-0.2, -0.15) is 0 Å². The summed E-state index contributed by atoms with van der Waals surface area (Å²) in [4.78, 5) is 2.36. The van der Waals surface area contributed by atoms with Crippen molar-refractivity contribution in [2.75, 3.05) is 26.7 Å². The molecule has 0 aromatic carbocycles. The molecule has 0 aromatic rings. The van der Waals surface area contributed by atoms with Gasteiger partial charge in [0.1, 0.15) is 0 Å². The maximum Gasteiger partial charge on any atom is 0.0297 e. The van der Waals surface area contributed by atoms with E-state index >= 15 is 0 Å². The van der Waals surface area contributed by atoms with E-state index in [9.17, 15) is 0 Å². The number of hydrogen-bond acceptors (Lipinski definition) is 2. The van der Waals surface area contributed by atoms with Crippen LogP contribution in [-0.2, 0) is 0 Å². The second-order valence-corrected chi connectivity index (χ2v) is 3.37. The Balaban J connectivity index is 2.67. The Bertz CT molecular complexity index is 157. The van der Waals surface area contributed by atoms with E-state index in [0.29, 0.717) is 0 Å². The summed E-state index contributed by atoms with van der Waals surface area (Å²) in [6.07, 6.45) is 1.18. The van der Waals surface area contributed by atoms with Crippen LogP contribution in [0.25, 0.3) is 0 Å². The first kappa shape index (κ1) is 8.60. The van der Waals surface area contributed by atoms with Crippen molar-refractivity contribution in [1.29, 1.82) is 0 Å². The van der Waals surface area contributed by atoms with Crippen LogP contribution in [0.2, 0.25) is 0 Å². The van der Waals surface area contributed by atoms with Crippen LogP contribution < -0.4 is 5.32 Å². The van der Waals surface area contributed by atoms with Crippen molar-refractivity contribution in [3.8, 4) is 0 Å². The predicted molar refractivity (Wildman–Crippen MR) is 48.5 cm³/mol. The number of nitrogens with zero attached hydrogens (tertiary/aromatic N) is 1. The molecule has 1 fully saturated rings. The Hall–Kier alpha value is -0.500. The lowest BCUT2D eigenvalue weighted by Crippen LogP contribution is -2.23. The molecule has 0 unspecified atom stereocenters. The number of likely N-dealkylation sites (N-methyl/N-ethyl adjacent to an activating group) is 1. The monoisotopic (exact) mass is 154 g/mol. The largest absolute Gasteiger partial charge is 0.377 e. The molecule has 0 bridgehead atoms. The van der Waals surface area contributed by atoms with Crippen LogP contribution in [0.3, 0.4) is 0 Å². The van der Waals surface area contributed by atoms with Crippen molar-refractivity contribution in [3.63, 3.8) is 0 Å². The second kappa shape index (κ2) is 3.77. The molecule has 0 amide bonds. The van der Waals surface area contributed by atoms with Crippen LogP contribution in [0, 0.1) is 0 Å². The summed E-state index contributed by atoms with van der Waals surface area (Å²) < 4.78 is 0. The molecule has 0 saturated carbocycles. The summed E-state index contributed by atoms with van der Waals surface area (Å²) in [5, 5.41) is 3.39. The van der Waals surface area contributed by atoms with E-state index in [1.807, 2.05) is 0 Å². The normalized spacial score (nSPS) is 19.9. The fourth-order valence-corrected chi connectivity index (χ4v) is 1.54. The molecule has 64 valence electrons. The highest BCUT2D eigenvalue weighted by Crippen LogP contribution is 2.12. The molecule has 1 aliphatic rings. The first-order valence-electron chi connectivity index (χ1n) is 4.30. The number of hydrogen-bond donors (Lipinski definition) is 1. The van der Waals surface area contributed by atoms with Gasteiger partial charge in [0.15, 0.2) is 0 Å². The Kier molecular flexibility index (Phi) is 2.94. The summed E-state index contributed by atoms with van der Waals surface area (Å²) in [6, 6.07) is 0. The SMILES string of the molecule is CC(C)=C1CCNCCN1C. The predicted octanol–water partition coefficient (Wildman–Crippen LogP) is 1.21. The van der Waals surface area contributed by atoms with Crippen LogP contribution >= 0.6 is 0 Å². The lowest BCUT2D eigenvalue weighted by molar-refractivity contribution is 0.423. The maximum absolute atomic E-state index is 3.39. The van der Waals surface area contributed by atoms with E-state index in [-0.39, 0.29) is 0 Å². The molecule has 1 saturated heterocycles. The number of nitrogens with one attached hydrogen (secondary N) is 1. The Morgan fingerprint density at radius 1 is 1.36 bits per heavy atom. The third kappa shape index (κ3) is 2.22. The molecule has 2 heteroatoms. The van der Waals surface area contributed by atoms with Gasteiger partial charge < -0.3 is 10.2 Å². The molecule has 11 heavy (non-hydrogen) atoms. The number of rotatable bonds is 0. The maximum atomic E-state index is 3.39. The van der Waals surface area contributed by atoms with Crippen LogP contribution in [-0.4, -0.2) is 31.6 Å². The van der Waals surface area contributed by atoms with Gasteiger partial charge in [-0.25, -0.2) is 0 Å². The standard InChI is InChI=1S/C9H18N2/c1-8(2)9-4-5-10-6-7-11(9)3/h10H,4-7H2,1-3H3. The Morgan fingerprint density at radius 3 is 2.73 bits per heavy atom. The van der Waals surface area contributed by atoms with Gasteiger partial charge in [-0.1, -0.05) is 5.57 Å². The topological polar surface area (TPSA) is 15.3 Å². The highest BCUT2D eigenvalue weighted by molar-refractivity contribution is 5.09. The average Bonchev–Trinajstić information content (AvgIpc) is 2.13. The van der Waals surface area contributed by atoms with Crippen LogP contribution in [0.5, 0.6) is 0 Å². The molecule has 2 nitrogen and oxygen atoms in total. The molecule has 0 atom stereocenters. The van der Waals surface area contributed by atoms with E-state index in [1.54, 1.807) is 0 Å². The molecular formula is C9H18N2. The summed E-state index contributed by atoms with van der Waals surface area (Å²) in [6.45, 7) is 7.77. The van der Waals surface area contributed by atoms with Crippen LogP contribution in [0.15, 0.2) is 11.3 Å². The van der Waals surface area contributed by atoms with E-state index in [1.165, 1.54) is 17.7 Å². The van der Waals surface area contributed by atoms with Gasteiger partial charge in [-0.05, 0) is 20.3 Å². The van der Waals surface area contributed by atoms with E-state index in [2.05, 4.69) is 31.1 Å². The van der Waals surface area contributed by atoms with Gasteiger partial charge in [0.2, 0.25) is 0 Å². The van der Waals surface area contributed by atoms with E-state index in [4.69, 9.17) is 0 Å². The minimum absolute atomic E-state index is 1.12. The Labute approximate surface area is 69.3 Å². The minimum Gasteiger partial charge on any atom is -0.377 e. The average molecular weight is 154 g/mol. The quantitative estimate of drug-likeness (QED) is 0.564. The molecule has 1 N–H and O–H groups in total.